The molecule has 9 heteroatoms. The second-order valence-electron chi connectivity index (χ2n) is 10.2. The lowest BCUT2D eigenvalue weighted by Crippen LogP contribution is -2.38. The van der Waals surface area contributed by atoms with E-state index in [9.17, 15) is 13.2 Å². The van der Waals surface area contributed by atoms with Gasteiger partial charge in [0.1, 0.15) is 0 Å². The van der Waals surface area contributed by atoms with Crippen molar-refractivity contribution >= 4 is 42.6 Å². The van der Waals surface area contributed by atoms with Gasteiger partial charge in [-0.2, -0.15) is 4.31 Å². The van der Waals surface area contributed by atoms with Gasteiger partial charge in [-0.15, -0.1) is 0 Å². The lowest BCUT2D eigenvalue weighted by molar-refractivity contribution is 0.0986. The van der Waals surface area contributed by atoms with Crippen LogP contribution in [0.2, 0.25) is 0 Å². The molecule has 0 atom stereocenters. The quantitative estimate of drug-likeness (QED) is 0.414. The first kappa shape index (κ1) is 26.7. The second kappa shape index (κ2) is 11.0. The fraction of sp³-hybridized carbons (Fsp3) is 0.481. The van der Waals surface area contributed by atoms with Crippen LogP contribution in [0.5, 0.6) is 0 Å². The Balaban J connectivity index is 1.61. The third kappa shape index (κ3) is 5.80. The summed E-state index contributed by atoms with van der Waals surface area (Å²) in [6.45, 7) is 8.73. The number of hydrogen-bond acceptors (Lipinski definition) is 6. The Morgan fingerprint density at radius 1 is 1.08 bits per heavy atom. The molecule has 36 heavy (non-hydrogen) atoms. The van der Waals surface area contributed by atoms with Crippen LogP contribution in [0.25, 0.3) is 10.2 Å². The molecule has 0 radical (unpaired) electrons. The van der Waals surface area contributed by atoms with Crippen molar-refractivity contribution in [2.75, 3.05) is 45.2 Å². The van der Waals surface area contributed by atoms with Gasteiger partial charge in [-0.05, 0) is 101 Å². The van der Waals surface area contributed by atoms with E-state index in [-0.39, 0.29) is 10.8 Å². The van der Waals surface area contributed by atoms with Crippen LogP contribution in [0.4, 0.5) is 5.13 Å². The van der Waals surface area contributed by atoms with Crippen molar-refractivity contribution in [3.05, 3.63) is 53.1 Å². The summed E-state index contributed by atoms with van der Waals surface area (Å²) < 4.78 is 28.9. The van der Waals surface area contributed by atoms with Gasteiger partial charge in [0.05, 0.1) is 15.1 Å². The molecule has 194 valence electrons. The second-order valence-corrected chi connectivity index (χ2v) is 13.1. The maximum absolute atomic E-state index is 13.7. The molecule has 1 saturated heterocycles. The predicted molar refractivity (Wildman–Crippen MR) is 148 cm³/mol. The van der Waals surface area contributed by atoms with E-state index >= 15 is 0 Å². The van der Waals surface area contributed by atoms with Crippen molar-refractivity contribution in [2.24, 2.45) is 5.92 Å². The van der Waals surface area contributed by atoms with E-state index in [1.54, 1.807) is 33.5 Å². The molecule has 0 saturated carbocycles. The van der Waals surface area contributed by atoms with Gasteiger partial charge >= 0.3 is 0 Å². The van der Waals surface area contributed by atoms with Crippen molar-refractivity contribution in [1.82, 2.24) is 14.2 Å². The molecule has 1 aliphatic heterocycles. The highest BCUT2D eigenvalue weighted by atomic mass is 32.2. The van der Waals surface area contributed by atoms with Crippen LogP contribution in [0.3, 0.4) is 0 Å². The highest BCUT2D eigenvalue weighted by Gasteiger charge is 2.29. The molecule has 0 N–H and O–H groups in total. The SMILES string of the molecule is Cc1cc(C)c2sc(N(CCCN(C)C)C(=O)c3ccc(S(=O)(=O)N4CCC(C)CC4)cc3)nc2c1. The highest BCUT2D eigenvalue weighted by molar-refractivity contribution is 7.89. The Bertz CT molecular complexity index is 1330. The summed E-state index contributed by atoms with van der Waals surface area (Å²) >= 11 is 1.53. The summed E-state index contributed by atoms with van der Waals surface area (Å²) in [5.74, 6) is 0.378. The first-order valence-corrected chi connectivity index (χ1v) is 14.8. The van der Waals surface area contributed by atoms with E-state index in [4.69, 9.17) is 4.98 Å². The molecule has 0 aliphatic carbocycles. The molecule has 7 nitrogen and oxygen atoms in total. The minimum absolute atomic E-state index is 0.169. The number of thiazole rings is 1. The molecule has 1 aromatic heterocycles. The van der Waals surface area contributed by atoms with Gasteiger partial charge in [-0.3, -0.25) is 9.69 Å². The molecule has 1 amide bonds. The maximum Gasteiger partial charge on any atom is 0.260 e. The normalized spacial score (nSPS) is 15.6. The van der Waals surface area contributed by atoms with Gasteiger partial charge in [0.2, 0.25) is 10.0 Å². The number of piperidine rings is 1. The van der Waals surface area contributed by atoms with Gasteiger partial charge in [-0.1, -0.05) is 24.3 Å². The Hall–Kier alpha value is -2.33. The Morgan fingerprint density at radius 3 is 2.39 bits per heavy atom. The van der Waals surface area contributed by atoms with Crippen LogP contribution in [-0.4, -0.2) is 68.8 Å². The fourth-order valence-corrected chi connectivity index (χ4v) is 7.12. The van der Waals surface area contributed by atoms with Crippen molar-refractivity contribution in [3.63, 3.8) is 0 Å². The monoisotopic (exact) mass is 528 g/mol. The number of rotatable bonds is 8. The molecule has 1 aliphatic rings. The van der Waals surface area contributed by atoms with Crippen LogP contribution in [0, 0.1) is 19.8 Å². The van der Waals surface area contributed by atoms with Gasteiger partial charge in [0.15, 0.2) is 5.13 Å². The van der Waals surface area contributed by atoms with Crippen LogP contribution >= 0.6 is 11.3 Å². The Morgan fingerprint density at radius 2 is 1.75 bits per heavy atom. The summed E-state index contributed by atoms with van der Waals surface area (Å²) in [5, 5.41) is 0.668. The summed E-state index contributed by atoms with van der Waals surface area (Å²) in [6.07, 6.45) is 2.55. The van der Waals surface area contributed by atoms with Gasteiger partial charge in [0, 0.05) is 25.2 Å². The zero-order valence-corrected chi connectivity index (χ0v) is 23.5. The first-order valence-electron chi connectivity index (χ1n) is 12.5. The number of carbonyl (C=O) groups excluding carboxylic acids is 1. The molecule has 0 bridgehead atoms. The summed E-state index contributed by atoms with van der Waals surface area (Å²) in [7, 11) is 0.466. The summed E-state index contributed by atoms with van der Waals surface area (Å²) in [5.41, 5.74) is 3.65. The molecule has 3 aromatic rings. The van der Waals surface area contributed by atoms with Crippen LogP contribution in [0.1, 0.15) is 47.7 Å². The number of aryl methyl sites for hydroxylation is 2. The molecular weight excluding hydrogens is 492 g/mol. The molecule has 0 spiro atoms. The fourth-order valence-electron chi connectivity index (χ4n) is 4.61. The van der Waals surface area contributed by atoms with E-state index < -0.39 is 10.0 Å². The molecule has 1 fully saturated rings. The Kier molecular flexibility index (Phi) is 8.14. The molecule has 4 rings (SSSR count). The van der Waals surface area contributed by atoms with Crippen molar-refractivity contribution < 1.29 is 13.2 Å². The largest absolute Gasteiger partial charge is 0.309 e. The van der Waals surface area contributed by atoms with E-state index in [1.165, 1.54) is 11.3 Å². The number of aromatic nitrogens is 1. The lowest BCUT2D eigenvalue weighted by Gasteiger charge is -2.29. The lowest BCUT2D eigenvalue weighted by atomic mass is 10.0. The number of sulfonamides is 1. The number of nitrogens with zero attached hydrogens (tertiary/aromatic N) is 4. The maximum atomic E-state index is 13.7. The van der Waals surface area contributed by atoms with Crippen molar-refractivity contribution in [3.8, 4) is 0 Å². The van der Waals surface area contributed by atoms with Gasteiger partial charge in [0.25, 0.3) is 5.91 Å². The number of hydrogen-bond donors (Lipinski definition) is 0. The van der Waals surface area contributed by atoms with Crippen LogP contribution in [-0.2, 0) is 10.0 Å². The first-order chi connectivity index (χ1) is 17.1. The average Bonchev–Trinajstić information content (AvgIpc) is 3.25. The standard InChI is InChI=1S/C27H36N4O3S2/c1-19-11-15-30(16-12-19)36(33,34)23-9-7-22(8-10-23)26(32)31(14-6-13-29(4)5)27-28-24-18-20(2)17-21(3)25(24)35-27/h7-10,17-19H,6,11-16H2,1-5H3. The highest BCUT2D eigenvalue weighted by Crippen LogP contribution is 2.33. The number of carbonyl (C=O) groups is 1. The van der Waals surface area contributed by atoms with Gasteiger partial charge in [-0.25, -0.2) is 13.4 Å². The minimum atomic E-state index is -3.56. The average molecular weight is 529 g/mol. The van der Waals surface area contributed by atoms with E-state index in [0.29, 0.717) is 36.2 Å². The number of anilines is 1. The van der Waals surface area contributed by atoms with Crippen molar-refractivity contribution in [2.45, 2.75) is 44.9 Å². The van der Waals surface area contributed by atoms with E-state index in [0.717, 1.165) is 47.2 Å². The minimum Gasteiger partial charge on any atom is -0.309 e. The molecule has 2 aromatic carbocycles. The van der Waals surface area contributed by atoms with Crippen molar-refractivity contribution in [1.29, 1.82) is 0 Å². The molecule has 2 heterocycles. The zero-order valence-electron chi connectivity index (χ0n) is 21.8. The van der Waals surface area contributed by atoms with Gasteiger partial charge < -0.3 is 4.90 Å². The van der Waals surface area contributed by atoms with Crippen LogP contribution in [0.15, 0.2) is 41.3 Å². The smallest absolute Gasteiger partial charge is 0.260 e. The molecule has 0 unspecified atom stereocenters. The predicted octanol–water partition coefficient (Wildman–Crippen LogP) is 4.93. The summed E-state index contributed by atoms with van der Waals surface area (Å²) in [6, 6.07) is 10.6. The van der Waals surface area contributed by atoms with E-state index in [1.807, 2.05) is 27.1 Å². The number of amides is 1. The number of fused-ring (bicyclic) bond motifs is 1. The third-order valence-electron chi connectivity index (χ3n) is 6.75. The Labute approximate surface area is 218 Å². The van der Waals surface area contributed by atoms with Crippen LogP contribution < -0.4 is 4.90 Å². The topological polar surface area (TPSA) is 73.8 Å². The molecular formula is C27H36N4O3S2. The van der Waals surface area contributed by atoms with E-state index in [2.05, 4.69) is 24.8 Å². The zero-order chi connectivity index (χ0) is 26.0. The summed E-state index contributed by atoms with van der Waals surface area (Å²) in [4.78, 5) is 22.5. The number of benzene rings is 2. The third-order valence-corrected chi connectivity index (χ3v) is 9.90.